The first-order valence-electron chi connectivity index (χ1n) is 6.69. The van der Waals surface area contributed by atoms with Gasteiger partial charge in [-0.25, -0.2) is 4.39 Å². The molecular formula is C18H14FNO. The van der Waals surface area contributed by atoms with Crippen molar-refractivity contribution in [1.29, 1.82) is 0 Å². The summed E-state index contributed by atoms with van der Waals surface area (Å²) in [5.41, 5.74) is 0.842. The Bertz CT molecular complexity index is 808. The lowest BCUT2D eigenvalue weighted by atomic mass is 10.0. The van der Waals surface area contributed by atoms with Gasteiger partial charge in [0.05, 0.1) is 5.69 Å². The van der Waals surface area contributed by atoms with Crippen LogP contribution in [0.4, 0.5) is 10.1 Å². The highest BCUT2D eigenvalue weighted by atomic mass is 19.1. The maximum atomic E-state index is 13.8. The Morgan fingerprint density at radius 3 is 2.38 bits per heavy atom. The van der Waals surface area contributed by atoms with E-state index < -0.39 is 5.82 Å². The van der Waals surface area contributed by atoms with Crippen LogP contribution in [0.25, 0.3) is 10.8 Å². The van der Waals surface area contributed by atoms with Gasteiger partial charge in [0, 0.05) is 12.6 Å². The van der Waals surface area contributed by atoms with E-state index in [-0.39, 0.29) is 11.6 Å². The zero-order chi connectivity index (χ0) is 14.8. The van der Waals surface area contributed by atoms with Gasteiger partial charge in [0.1, 0.15) is 5.82 Å². The monoisotopic (exact) mass is 279 g/mol. The molecular weight excluding hydrogens is 265 g/mol. The normalized spacial score (nSPS) is 10.6. The van der Waals surface area contributed by atoms with E-state index in [0.29, 0.717) is 5.56 Å². The maximum absolute atomic E-state index is 13.8. The number of para-hydroxylation sites is 1. The minimum absolute atomic E-state index is 0.225. The van der Waals surface area contributed by atoms with Gasteiger partial charge in [0.25, 0.3) is 5.91 Å². The summed E-state index contributed by atoms with van der Waals surface area (Å²) in [4.78, 5) is 14.0. The standard InChI is InChI=1S/C18H14FNO/c1-20(17-12-5-4-11-16(17)19)18(21)15-10-6-8-13-7-2-3-9-14(13)15/h2-12H,1H3. The van der Waals surface area contributed by atoms with Crippen LogP contribution in [-0.2, 0) is 0 Å². The van der Waals surface area contributed by atoms with E-state index in [4.69, 9.17) is 0 Å². The summed E-state index contributed by atoms with van der Waals surface area (Å²) in [5.74, 6) is -0.634. The second kappa shape index (κ2) is 5.37. The predicted molar refractivity (Wildman–Crippen MR) is 83.1 cm³/mol. The van der Waals surface area contributed by atoms with E-state index >= 15 is 0 Å². The van der Waals surface area contributed by atoms with E-state index in [1.165, 1.54) is 11.0 Å². The molecule has 1 amide bonds. The summed E-state index contributed by atoms with van der Waals surface area (Å²) in [7, 11) is 1.59. The predicted octanol–water partition coefficient (Wildman–Crippen LogP) is 4.26. The van der Waals surface area contributed by atoms with Crippen molar-refractivity contribution in [3.63, 3.8) is 0 Å². The number of nitrogens with zero attached hydrogens (tertiary/aromatic N) is 1. The number of rotatable bonds is 2. The fourth-order valence-electron chi connectivity index (χ4n) is 2.43. The SMILES string of the molecule is CN(C(=O)c1cccc2ccccc12)c1ccccc1F. The van der Waals surface area contributed by atoms with Crippen LogP contribution in [0, 0.1) is 5.82 Å². The summed E-state index contributed by atoms with van der Waals surface area (Å²) in [6.07, 6.45) is 0. The fraction of sp³-hybridized carbons (Fsp3) is 0.0556. The van der Waals surface area contributed by atoms with Crippen molar-refractivity contribution in [2.45, 2.75) is 0 Å². The number of hydrogen-bond acceptors (Lipinski definition) is 1. The lowest BCUT2D eigenvalue weighted by Gasteiger charge is -2.19. The van der Waals surface area contributed by atoms with Crippen molar-refractivity contribution < 1.29 is 9.18 Å². The van der Waals surface area contributed by atoms with Crippen molar-refractivity contribution in [3.8, 4) is 0 Å². The highest BCUT2D eigenvalue weighted by Gasteiger charge is 2.18. The molecule has 0 atom stereocenters. The molecule has 0 saturated heterocycles. The second-order valence-electron chi connectivity index (χ2n) is 4.84. The minimum Gasteiger partial charge on any atom is -0.309 e. The Labute approximate surface area is 122 Å². The van der Waals surface area contributed by atoms with Gasteiger partial charge in [-0.3, -0.25) is 4.79 Å². The van der Waals surface area contributed by atoms with E-state index in [9.17, 15) is 9.18 Å². The van der Waals surface area contributed by atoms with Crippen LogP contribution in [-0.4, -0.2) is 13.0 Å². The Hall–Kier alpha value is -2.68. The molecule has 0 aromatic heterocycles. The highest BCUT2D eigenvalue weighted by molar-refractivity contribution is 6.13. The Balaban J connectivity index is 2.07. The zero-order valence-electron chi connectivity index (χ0n) is 11.6. The average Bonchev–Trinajstić information content (AvgIpc) is 2.53. The molecule has 0 N–H and O–H groups in total. The zero-order valence-corrected chi connectivity index (χ0v) is 11.6. The van der Waals surface area contributed by atoms with Crippen molar-refractivity contribution in [3.05, 3.63) is 78.1 Å². The number of anilines is 1. The molecule has 0 aliphatic rings. The van der Waals surface area contributed by atoms with Crippen LogP contribution < -0.4 is 4.90 Å². The molecule has 0 aliphatic heterocycles. The van der Waals surface area contributed by atoms with Gasteiger partial charge in [0.2, 0.25) is 0 Å². The van der Waals surface area contributed by atoms with Crippen LogP contribution >= 0.6 is 0 Å². The number of fused-ring (bicyclic) bond motifs is 1. The van der Waals surface area contributed by atoms with Crippen molar-refractivity contribution in [1.82, 2.24) is 0 Å². The molecule has 0 heterocycles. The smallest absolute Gasteiger partial charge is 0.258 e. The summed E-state index contributed by atoms with van der Waals surface area (Å²) < 4.78 is 13.8. The van der Waals surface area contributed by atoms with E-state index in [1.807, 2.05) is 36.4 Å². The lowest BCUT2D eigenvalue weighted by Crippen LogP contribution is -2.27. The molecule has 3 aromatic carbocycles. The number of benzene rings is 3. The number of carbonyl (C=O) groups is 1. The van der Waals surface area contributed by atoms with Crippen LogP contribution in [0.15, 0.2) is 66.7 Å². The molecule has 0 radical (unpaired) electrons. The molecule has 0 saturated carbocycles. The lowest BCUT2D eigenvalue weighted by molar-refractivity contribution is 0.0994. The van der Waals surface area contributed by atoms with Gasteiger partial charge in [-0.1, -0.05) is 48.5 Å². The van der Waals surface area contributed by atoms with Crippen LogP contribution in [0.3, 0.4) is 0 Å². The van der Waals surface area contributed by atoms with Gasteiger partial charge in [-0.15, -0.1) is 0 Å². The maximum Gasteiger partial charge on any atom is 0.258 e. The molecule has 2 nitrogen and oxygen atoms in total. The van der Waals surface area contributed by atoms with Gasteiger partial charge < -0.3 is 4.90 Å². The first kappa shape index (κ1) is 13.3. The third kappa shape index (κ3) is 2.38. The third-order valence-corrected chi connectivity index (χ3v) is 3.54. The Morgan fingerprint density at radius 2 is 1.57 bits per heavy atom. The minimum atomic E-state index is -0.409. The van der Waals surface area contributed by atoms with Crippen molar-refractivity contribution in [2.75, 3.05) is 11.9 Å². The molecule has 3 rings (SSSR count). The molecule has 0 aliphatic carbocycles. The van der Waals surface area contributed by atoms with E-state index in [0.717, 1.165) is 10.8 Å². The largest absolute Gasteiger partial charge is 0.309 e. The van der Waals surface area contributed by atoms with Crippen molar-refractivity contribution >= 4 is 22.4 Å². The van der Waals surface area contributed by atoms with Gasteiger partial charge in [-0.2, -0.15) is 0 Å². The highest BCUT2D eigenvalue weighted by Crippen LogP contribution is 2.23. The van der Waals surface area contributed by atoms with Crippen molar-refractivity contribution in [2.24, 2.45) is 0 Å². The molecule has 0 bridgehead atoms. The summed E-state index contributed by atoms with van der Waals surface area (Å²) in [6.45, 7) is 0. The molecule has 0 fully saturated rings. The van der Waals surface area contributed by atoms with E-state index in [2.05, 4.69) is 0 Å². The summed E-state index contributed by atoms with van der Waals surface area (Å²) in [5, 5.41) is 1.86. The molecule has 0 spiro atoms. The summed E-state index contributed by atoms with van der Waals surface area (Å²) >= 11 is 0. The molecule has 3 aromatic rings. The average molecular weight is 279 g/mol. The Kier molecular flexibility index (Phi) is 3.40. The topological polar surface area (TPSA) is 20.3 Å². The molecule has 0 unspecified atom stereocenters. The number of carbonyl (C=O) groups excluding carboxylic acids is 1. The number of halogens is 1. The van der Waals surface area contributed by atoms with Crippen LogP contribution in [0.5, 0.6) is 0 Å². The first-order chi connectivity index (χ1) is 10.2. The van der Waals surface area contributed by atoms with Crippen LogP contribution in [0.1, 0.15) is 10.4 Å². The quantitative estimate of drug-likeness (QED) is 0.686. The molecule has 104 valence electrons. The number of hydrogen-bond donors (Lipinski definition) is 0. The van der Waals surface area contributed by atoms with Gasteiger partial charge in [0.15, 0.2) is 0 Å². The Morgan fingerprint density at radius 1 is 0.905 bits per heavy atom. The number of amides is 1. The van der Waals surface area contributed by atoms with E-state index in [1.54, 1.807) is 31.3 Å². The van der Waals surface area contributed by atoms with Gasteiger partial charge in [-0.05, 0) is 29.0 Å². The van der Waals surface area contributed by atoms with Gasteiger partial charge >= 0.3 is 0 Å². The first-order valence-corrected chi connectivity index (χ1v) is 6.69. The third-order valence-electron chi connectivity index (χ3n) is 3.54. The molecule has 21 heavy (non-hydrogen) atoms. The summed E-state index contributed by atoms with van der Waals surface area (Å²) in [6, 6.07) is 19.5. The molecule has 3 heteroatoms. The fourth-order valence-corrected chi connectivity index (χ4v) is 2.43. The second-order valence-corrected chi connectivity index (χ2v) is 4.84. The van der Waals surface area contributed by atoms with Crippen LogP contribution in [0.2, 0.25) is 0 Å².